The van der Waals surface area contributed by atoms with Crippen molar-refractivity contribution in [1.29, 1.82) is 0 Å². The van der Waals surface area contributed by atoms with Gasteiger partial charge in [-0.05, 0) is 42.9 Å². The number of halogens is 2. The van der Waals surface area contributed by atoms with Crippen LogP contribution in [-0.4, -0.2) is 48.4 Å². The van der Waals surface area contributed by atoms with Gasteiger partial charge in [-0.25, -0.2) is 9.38 Å². The van der Waals surface area contributed by atoms with Gasteiger partial charge >= 0.3 is 0 Å². The summed E-state index contributed by atoms with van der Waals surface area (Å²) in [7, 11) is 0. The van der Waals surface area contributed by atoms with Crippen LogP contribution in [0.5, 0.6) is 0 Å². The molecular formula is C19H20ClFN4. The van der Waals surface area contributed by atoms with Gasteiger partial charge in [0.1, 0.15) is 11.7 Å². The van der Waals surface area contributed by atoms with Crippen LogP contribution >= 0.6 is 11.6 Å². The number of aliphatic imine (C=N–C) groups is 1. The number of hydrogen-bond acceptors (Lipinski definition) is 4. The summed E-state index contributed by atoms with van der Waals surface area (Å²) in [5.74, 6) is 0.609. The average molecular weight is 359 g/mol. The lowest BCUT2D eigenvalue weighted by molar-refractivity contribution is 0.190. The van der Waals surface area contributed by atoms with E-state index in [0.29, 0.717) is 5.02 Å². The molecule has 0 spiro atoms. The van der Waals surface area contributed by atoms with Crippen LogP contribution < -0.4 is 5.32 Å². The first-order valence-corrected chi connectivity index (χ1v) is 8.94. The van der Waals surface area contributed by atoms with E-state index in [9.17, 15) is 4.39 Å². The van der Waals surface area contributed by atoms with Crippen molar-refractivity contribution in [3.63, 3.8) is 0 Å². The molecule has 2 aromatic rings. The van der Waals surface area contributed by atoms with Crippen molar-refractivity contribution >= 4 is 34.5 Å². The first-order valence-electron chi connectivity index (χ1n) is 8.56. The standard InChI is InChI=1S/C19H20ClFN4/c1-2-24-7-9-25(10-8-24)19-15-5-4-14(21)12-17(15)22-16-6-3-13(20)11-18(16)23-19/h3-6,11-12,22H,2,7-10H2,1H3. The number of rotatable bonds is 1. The van der Waals surface area contributed by atoms with Crippen molar-refractivity contribution < 1.29 is 4.39 Å². The van der Waals surface area contributed by atoms with Crippen molar-refractivity contribution in [1.82, 2.24) is 9.80 Å². The molecule has 0 bridgehead atoms. The number of likely N-dealkylation sites (N-methyl/N-ethyl adjacent to an activating group) is 1. The molecule has 1 saturated heterocycles. The summed E-state index contributed by atoms with van der Waals surface area (Å²) in [6.07, 6.45) is 0. The minimum Gasteiger partial charge on any atom is -0.353 e. The Hall–Kier alpha value is -2.11. The van der Waals surface area contributed by atoms with Crippen LogP contribution in [0.1, 0.15) is 12.5 Å². The van der Waals surface area contributed by atoms with Gasteiger partial charge in [-0.3, -0.25) is 0 Å². The lowest BCUT2D eigenvalue weighted by atomic mass is 10.1. The van der Waals surface area contributed by atoms with E-state index in [0.717, 1.165) is 61.2 Å². The molecule has 4 rings (SSSR count). The Morgan fingerprint density at radius 1 is 1.08 bits per heavy atom. The Labute approximate surface area is 151 Å². The van der Waals surface area contributed by atoms with Gasteiger partial charge in [0.25, 0.3) is 0 Å². The number of hydrogen-bond donors (Lipinski definition) is 1. The van der Waals surface area contributed by atoms with Gasteiger partial charge < -0.3 is 15.1 Å². The predicted octanol–water partition coefficient (Wildman–Crippen LogP) is 4.25. The number of fused-ring (bicyclic) bond motifs is 2. The Balaban J connectivity index is 1.79. The fourth-order valence-corrected chi connectivity index (χ4v) is 3.52. The van der Waals surface area contributed by atoms with Crippen molar-refractivity contribution in [3.05, 3.63) is 52.8 Å². The van der Waals surface area contributed by atoms with Gasteiger partial charge in [0.2, 0.25) is 0 Å². The Morgan fingerprint density at radius 3 is 2.64 bits per heavy atom. The number of piperazine rings is 1. The molecule has 0 atom stereocenters. The molecule has 0 radical (unpaired) electrons. The zero-order chi connectivity index (χ0) is 17.4. The van der Waals surface area contributed by atoms with E-state index in [2.05, 4.69) is 22.0 Å². The summed E-state index contributed by atoms with van der Waals surface area (Å²) in [6.45, 7) is 7.05. The lowest BCUT2D eigenvalue weighted by Gasteiger charge is -2.36. The minimum absolute atomic E-state index is 0.265. The third kappa shape index (κ3) is 3.22. The van der Waals surface area contributed by atoms with E-state index in [1.165, 1.54) is 12.1 Å². The fraction of sp³-hybridized carbons (Fsp3) is 0.316. The molecule has 0 unspecified atom stereocenters. The average Bonchev–Trinajstić information content (AvgIpc) is 2.77. The minimum atomic E-state index is -0.265. The zero-order valence-electron chi connectivity index (χ0n) is 14.1. The molecule has 0 saturated carbocycles. The normalized spacial score (nSPS) is 17.2. The molecule has 1 fully saturated rings. The Morgan fingerprint density at radius 2 is 1.88 bits per heavy atom. The topological polar surface area (TPSA) is 30.9 Å². The van der Waals surface area contributed by atoms with Gasteiger partial charge in [-0.1, -0.05) is 18.5 Å². The summed E-state index contributed by atoms with van der Waals surface area (Å²) in [6, 6.07) is 10.4. The molecule has 2 heterocycles. The molecular weight excluding hydrogens is 339 g/mol. The molecule has 0 aromatic heterocycles. The predicted molar refractivity (Wildman–Crippen MR) is 101 cm³/mol. The molecule has 0 amide bonds. The monoisotopic (exact) mass is 358 g/mol. The highest BCUT2D eigenvalue weighted by atomic mass is 35.5. The summed E-state index contributed by atoms with van der Waals surface area (Å²) < 4.78 is 13.8. The van der Waals surface area contributed by atoms with Crippen LogP contribution in [0.2, 0.25) is 5.02 Å². The van der Waals surface area contributed by atoms with Gasteiger partial charge in [0, 0.05) is 36.8 Å². The second-order valence-corrected chi connectivity index (χ2v) is 6.77. The number of amidine groups is 1. The van der Waals surface area contributed by atoms with E-state index in [1.54, 1.807) is 6.07 Å². The van der Waals surface area contributed by atoms with Crippen LogP contribution in [0.25, 0.3) is 0 Å². The fourth-order valence-electron chi connectivity index (χ4n) is 3.35. The third-order valence-corrected chi connectivity index (χ3v) is 5.03. The van der Waals surface area contributed by atoms with E-state index in [1.807, 2.05) is 18.2 Å². The molecule has 25 heavy (non-hydrogen) atoms. The van der Waals surface area contributed by atoms with Gasteiger partial charge in [-0.2, -0.15) is 0 Å². The molecule has 130 valence electrons. The van der Waals surface area contributed by atoms with Crippen LogP contribution in [-0.2, 0) is 0 Å². The highest BCUT2D eigenvalue weighted by molar-refractivity contribution is 6.31. The molecule has 4 nitrogen and oxygen atoms in total. The first kappa shape index (κ1) is 16.4. The zero-order valence-corrected chi connectivity index (χ0v) is 14.9. The smallest absolute Gasteiger partial charge is 0.138 e. The third-order valence-electron chi connectivity index (χ3n) is 4.80. The summed E-state index contributed by atoms with van der Waals surface area (Å²) in [5.41, 5.74) is 3.26. The molecule has 2 aliphatic heterocycles. The van der Waals surface area contributed by atoms with Crippen LogP contribution in [0.3, 0.4) is 0 Å². The van der Waals surface area contributed by atoms with Crippen LogP contribution in [0.4, 0.5) is 21.5 Å². The SMILES string of the molecule is CCN1CCN(C2=Nc3cc(Cl)ccc3Nc3cc(F)ccc32)CC1. The number of benzene rings is 2. The Kier molecular flexibility index (Phi) is 4.36. The molecule has 0 aliphatic carbocycles. The summed E-state index contributed by atoms with van der Waals surface area (Å²) >= 11 is 6.16. The van der Waals surface area contributed by atoms with Gasteiger partial charge in [0.05, 0.1) is 17.1 Å². The molecule has 2 aliphatic rings. The van der Waals surface area contributed by atoms with Crippen LogP contribution in [0.15, 0.2) is 41.4 Å². The van der Waals surface area contributed by atoms with Gasteiger partial charge in [-0.15, -0.1) is 0 Å². The highest BCUT2D eigenvalue weighted by Crippen LogP contribution is 2.36. The maximum atomic E-state index is 13.8. The summed E-state index contributed by atoms with van der Waals surface area (Å²) in [4.78, 5) is 9.60. The van der Waals surface area contributed by atoms with Gasteiger partial charge in [0.15, 0.2) is 0 Å². The highest BCUT2D eigenvalue weighted by Gasteiger charge is 2.24. The second-order valence-electron chi connectivity index (χ2n) is 6.33. The van der Waals surface area contributed by atoms with Crippen molar-refractivity contribution in [3.8, 4) is 0 Å². The van der Waals surface area contributed by atoms with E-state index < -0.39 is 0 Å². The molecule has 1 N–H and O–H groups in total. The maximum Gasteiger partial charge on any atom is 0.138 e. The van der Waals surface area contributed by atoms with E-state index in [-0.39, 0.29) is 5.82 Å². The number of anilines is 2. The Bertz CT molecular complexity index is 828. The van der Waals surface area contributed by atoms with Crippen molar-refractivity contribution in [2.24, 2.45) is 4.99 Å². The maximum absolute atomic E-state index is 13.8. The van der Waals surface area contributed by atoms with Crippen LogP contribution in [0, 0.1) is 5.82 Å². The second kappa shape index (κ2) is 6.65. The molecule has 2 aromatic carbocycles. The molecule has 6 heteroatoms. The van der Waals surface area contributed by atoms with Crippen molar-refractivity contribution in [2.45, 2.75) is 6.92 Å². The van der Waals surface area contributed by atoms with E-state index >= 15 is 0 Å². The lowest BCUT2D eigenvalue weighted by Crippen LogP contribution is -2.48. The first-order chi connectivity index (χ1) is 12.1. The number of nitrogens with zero attached hydrogens (tertiary/aromatic N) is 3. The largest absolute Gasteiger partial charge is 0.353 e. The van der Waals surface area contributed by atoms with E-state index in [4.69, 9.17) is 16.6 Å². The van der Waals surface area contributed by atoms with Crippen molar-refractivity contribution in [2.75, 3.05) is 38.0 Å². The number of nitrogens with one attached hydrogen (secondary N) is 1. The quantitative estimate of drug-likeness (QED) is 0.826. The summed E-state index contributed by atoms with van der Waals surface area (Å²) in [5, 5.41) is 3.95.